The summed E-state index contributed by atoms with van der Waals surface area (Å²) in [5, 5.41) is 18.7. The van der Waals surface area contributed by atoms with Crippen LogP contribution in [0.25, 0.3) is 11.2 Å². The Bertz CT molecular complexity index is 1790. The van der Waals surface area contributed by atoms with E-state index in [2.05, 4.69) is 30.9 Å². The number of anilines is 2. The third-order valence-corrected chi connectivity index (χ3v) is 8.09. The summed E-state index contributed by atoms with van der Waals surface area (Å²) >= 11 is 6.39. The summed E-state index contributed by atoms with van der Waals surface area (Å²) in [6.45, 7) is 9.77. The summed E-state index contributed by atoms with van der Waals surface area (Å²) in [5.41, 5.74) is -3.20. The van der Waals surface area contributed by atoms with E-state index in [0.29, 0.717) is 0 Å². The van der Waals surface area contributed by atoms with Gasteiger partial charge < -0.3 is 34.7 Å². The third-order valence-electron chi connectivity index (χ3n) is 7.88. The van der Waals surface area contributed by atoms with Gasteiger partial charge in [-0.25, -0.2) is 24.5 Å². The number of nitrogens with zero attached hydrogens (tertiary/aromatic N) is 5. The summed E-state index contributed by atoms with van der Waals surface area (Å²) in [5.74, 6) is -0.441. The normalized spacial score (nSPS) is 18.9. The molecule has 1 aliphatic heterocycles. The van der Waals surface area contributed by atoms with Crippen molar-refractivity contribution in [3.63, 3.8) is 0 Å². The number of aromatic nitrogens is 4. The number of aliphatic hydroxyl groups excluding tert-OH is 1. The summed E-state index contributed by atoms with van der Waals surface area (Å²) in [6, 6.07) is 2.43. The molecular weight excluding hydrogens is 685 g/mol. The molecule has 18 heteroatoms. The molecule has 0 spiro atoms. The zero-order valence-electron chi connectivity index (χ0n) is 28.4. The van der Waals surface area contributed by atoms with Gasteiger partial charge in [0.05, 0.1) is 19.4 Å². The van der Waals surface area contributed by atoms with Gasteiger partial charge in [0.2, 0.25) is 5.91 Å². The second kappa shape index (κ2) is 13.4. The minimum absolute atomic E-state index is 0.00842. The molecule has 5 rings (SSSR count). The Labute approximate surface area is 291 Å². The Balaban J connectivity index is 1.55. The van der Waals surface area contributed by atoms with Crippen LogP contribution in [0.4, 0.5) is 34.3 Å². The maximum absolute atomic E-state index is 14.1. The number of benzene rings is 1. The second-order valence-electron chi connectivity index (χ2n) is 14.5. The van der Waals surface area contributed by atoms with E-state index in [1.54, 1.807) is 46.4 Å². The van der Waals surface area contributed by atoms with Gasteiger partial charge in [0.15, 0.2) is 23.1 Å². The van der Waals surface area contributed by atoms with Crippen LogP contribution in [0.1, 0.15) is 78.0 Å². The molecular formula is C32H40ClF3N8O6. The average molecular weight is 725 g/mol. The van der Waals surface area contributed by atoms with E-state index in [1.807, 2.05) is 0 Å². The van der Waals surface area contributed by atoms with Crippen molar-refractivity contribution in [2.75, 3.05) is 23.3 Å². The number of ether oxygens (including phenoxy) is 2. The topological polar surface area (TPSA) is 173 Å². The molecule has 2 aliphatic rings. The van der Waals surface area contributed by atoms with Gasteiger partial charge in [-0.2, -0.15) is 13.2 Å². The second-order valence-corrected chi connectivity index (χ2v) is 14.9. The summed E-state index contributed by atoms with van der Waals surface area (Å²) in [7, 11) is 0. The highest BCUT2D eigenvalue weighted by Crippen LogP contribution is 2.42. The van der Waals surface area contributed by atoms with Gasteiger partial charge >= 0.3 is 18.4 Å². The number of carbonyl (C=O) groups is 3. The van der Waals surface area contributed by atoms with Crippen molar-refractivity contribution in [2.24, 2.45) is 0 Å². The highest BCUT2D eigenvalue weighted by Gasteiger charge is 2.49. The number of hydrogen-bond acceptors (Lipinski definition) is 10. The molecule has 0 bridgehead atoms. The number of carbonyl (C=O) groups excluding carboxylic acids is 3. The number of aliphatic hydroxyl groups is 1. The maximum atomic E-state index is 14.1. The lowest BCUT2D eigenvalue weighted by molar-refractivity contribution is -0.207. The van der Waals surface area contributed by atoms with Crippen molar-refractivity contribution in [1.82, 2.24) is 30.2 Å². The number of alkyl carbamates (subject to hydrolysis) is 1. The molecule has 1 aromatic carbocycles. The largest absolute Gasteiger partial charge is 0.444 e. The first-order valence-corrected chi connectivity index (χ1v) is 16.3. The lowest BCUT2D eigenvalue weighted by Gasteiger charge is -2.32. The number of imidazole rings is 1. The highest BCUT2D eigenvalue weighted by molar-refractivity contribution is 6.31. The van der Waals surface area contributed by atoms with Crippen LogP contribution < -0.4 is 20.9 Å². The molecule has 3 heterocycles. The fourth-order valence-corrected chi connectivity index (χ4v) is 5.81. The van der Waals surface area contributed by atoms with E-state index < -0.39 is 52.7 Å². The molecule has 0 radical (unpaired) electrons. The Morgan fingerprint density at radius 3 is 2.32 bits per heavy atom. The van der Waals surface area contributed by atoms with Crippen molar-refractivity contribution in [2.45, 2.75) is 102 Å². The van der Waals surface area contributed by atoms with Crippen molar-refractivity contribution < 1.29 is 42.1 Å². The van der Waals surface area contributed by atoms with Crippen LogP contribution in [0, 0.1) is 0 Å². The van der Waals surface area contributed by atoms with E-state index in [9.17, 15) is 32.7 Å². The maximum Gasteiger partial charge on any atom is 0.418 e. The van der Waals surface area contributed by atoms with Crippen LogP contribution in [-0.2, 0) is 20.8 Å². The predicted octanol–water partition coefficient (Wildman–Crippen LogP) is 5.22. The number of halogens is 4. The fraction of sp³-hybridized carbons (Fsp3) is 0.562. The van der Waals surface area contributed by atoms with Crippen molar-refractivity contribution in [1.29, 1.82) is 0 Å². The number of alkyl halides is 3. The number of rotatable bonds is 8. The van der Waals surface area contributed by atoms with Crippen LogP contribution in [0.3, 0.4) is 0 Å². The first-order chi connectivity index (χ1) is 23.1. The quantitative estimate of drug-likeness (QED) is 0.241. The zero-order chi connectivity index (χ0) is 36.8. The Morgan fingerprint density at radius 1 is 1.04 bits per heavy atom. The van der Waals surface area contributed by atoms with Gasteiger partial charge in [0.25, 0.3) is 0 Å². The molecule has 2 fully saturated rings. The predicted molar refractivity (Wildman–Crippen MR) is 177 cm³/mol. The van der Waals surface area contributed by atoms with Crippen LogP contribution in [0.15, 0.2) is 24.8 Å². The SMILES string of the molecule is CC(C)(C)OC(=O)Nc1ncnc2c1ncn2Cc1c(C(O)C(F)(F)F)cc(Cl)cc1N1CC[C@](NC(=O)OC(C)(C)C)(C(=O)NC2CC2)C1. The van der Waals surface area contributed by atoms with Gasteiger partial charge in [0, 0.05) is 28.9 Å². The van der Waals surface area contributed by atoms with Gasteiger partial charge in [-0.3, -0.25) is 10.1 Å². The Morgan fingerprint density at radius 2 is 1.70 bits per heavy atom. The molecule has 2 atom stereocenters. The number of hydrogen-bond donors (Lipinski definition) is 4. The van der Waals surface area contributed by atoms with Gasteiger partial charge in [-0.1, -0.05) is 11.6 Å². The van der Waals surface area contributed by atoms with Crippen LogP contribution in [-0.4, -0.2) is 84.8 Å². The Hall–Kier alpha value is -4.38. The monoisotopic (exact) mass is 724 g/mol. The third kappa shape index (κ3) is 8.67. The first-order valence-electron chi connectivity index (χ1n) is 15.9. The molecule has 1 saturated carbocycles. The molecule has 3 aromatic rings. The standard InChI is InChI=1S/C32H40ClF3N8O6/c1-29(2,3)49-27(47)41-24-22-25(38-15-37-24)44(16-39-22)13-20-19(23(45)32(34,35)36)11-17(33)12-21(20)43-10-9-31(14-43,26(46)40-18-7-8-18)42-28(48)50-30(4,5)6/h11-12,15-16,18,23,45H,7-10,13-14H2,1-6H3,(H,40,46)(H,42,48)(H,37,38,41,47)/t23?,31-/m1/s1. The minimum Gasteiger partial charge on any atom is -0.444 e. The van der Waals surface area contributed by atoms with E-state index in [0.717, 1.165) is 25.2 Å². The molecule has 1 saturated heterocycles. The molecule has 4 N–H and O–H groups in total. The van der Waals surface area contributed by atoms with Crippen LogP contribution in [0.2, 0.25) is 5.02 Å². The smallest absolute Gasteiger partial charge is 0.418 e. The first kappa shape index (κ1) is 36.9. The number of amides is 3. The molecule has 2 aromatic heterocycles. The van der Waals surface area contributed by atoms with E-state index in [1.165, 1.54) is 17.0 Å². The lowest BCUT2D eigenvalue weighted by atomic mass is 9.96. The van der Waals surface area contributed by atoms with Gasteiger partial charge in [-0.15, -0.1) is 0 Å². The number of fused-ring (bicyclic) bond motifs is 1. The number of nitrogens with one attached hydrogen (secondary N) is 3. The summed E-state index contributed by atoms with van der Waals surface area (Å²) in [4.78, 5) is 53.4. The molecule has 1 unspecified atom stereocenters. The summed E-state index contributed by atoms with van der Waals surface area (Å²) in [6.07, 6.45) is -5.49. The molecule has 14 nitrogen and oxygen atoms in total. The van der Waals surface area contributed by atoms with Gasteiger partial charge in [-0.05, 0) is 78.5 Å². The molecule has 3 amide bonds. The fourth-order valence-electron chi connectivity index (χ4n) is 5.59. The zero-order valence-corrected chi connectivity index (χ0v) is 29.2. The van der Waals surface area contributed by atoms with Crippen molar-refractivity contribution in [3.8, 4) is 0 Å². The lowest BCUT2D eigenvalue weighted by Crippen LogP contribution is -2.61. The average Bonchev–Trinajstić information content (AvgIpc) is 3.52. The van der Waals surface area contributed by atoms with Crippen molar-refractivity contribution >= 4 is 52.4 Å². The molecule has 1 aliphatic carbocycles. The summed E-state index contributed by atoms with van der Waals surface area (Å²) < 4.78 is 54.5. The minimum atomic E-state index is -5.06. The van der Waals surface area contributed by atoms with E-state index >= 15 is 0 Å². The van der Waals surface area contributed by atoms with Crippen molar-refractivity contribution in [3.05, 3.63) is 40.9 Å². The van der Waals surface area contributed by atoms with E-state index in [4.69, 9.17) is 21.1 Å². The highest BCUT2D eigenvalue weighted by atomic mass is 35.5. The molecule has 50 heavy (non-hydrogen) atoms. The molecule has 272 valence electrons. The van der Waals surface area contributed by atoms with E-state index in [-0.39, 0.29) is 65.4 Å². The van der Waals surface area contributed by atoms with Crippen LogP contribution >= 0.6 is 11.6 Å². The van der Waals surface area contributed by atoms with Gasteiger partial charge in [0.1, 0.15) is 23.1 Å². The Kier molecular flexibility index (Phi) is 9.88. The van der Waals surface area contributed by atoms with Crippen LogP contribution in [0.5, 0.6) is 0 Å².